The fourth-order valence-electron chi connectivity index (χ4n) is 2.97. The highest BCUT2D eigenvalue weighted by molar-refractivity contribution is 5.77. The van der Waals surface area contributed by atoms with Gasteiger partial charge in [-0.05, 0) is 37.2 Å². The number of benzene rings is 1. The molecule has 110 valence electrons. The van der Waals surface area contributed by atoms with Crippen molar-refractivity contribution in [3.63, 3.8) is 0 Å². The average Bonchev–Trinajstić information content (AvgIpc) is 2.49. The Bertz CT molecular complexity index is 410. The van der Waals surface area contributed by atoms with E-state index in [2.05, 4.69) is 12.2 Å². The molecular formula is C17H25NO2. The Balaban J connectivity index is 1.76. The number of amides is 1. The zero-order valence-corrected chi connectivity index (χ0v) is 12.2. The van der Waals surface area contributed by atoms with Gasteiger partial charge in [0.05, 0.1) is 12.5 Å². The Hall–Kier alpha value is -1.35. The van der Waals surface area contributed by atoms with Gasteiger partial charge in [0, 0.05) is 6.04 Å². The number of carbonyl (C=O) groups excluding carboxylic acids is 1. The van der Waals surface area contributed by atoms with Crippen LogP contribution in [0.1, 0.15) is 57.1 Å². The van der Waals surface area contributed by atoms with Crippen molar-refractivity contribution in [2.24, 2.45) is 5.92 Å². The van der Waals surface area contributed by atoms with E-state index < -0.39 is 6.10 Å². The van der Waals surface area contributed by atoms with Crippen molar-refractivity contribution in [1.29, 1.82) is 0 Å². The molecule has 3 heteroatoms. The molecule has 1 aliphatic rings. The molecule has 1 aromatic carbocycles. The van der Waals surface area contributed by atoms with Gasteiger partial charge in [-0.15, -0.1) is 0 Å². The molecule has 20 heavy (non-hydrogen) atoms. The predicted molar refractivity (Wildman–Crippen MR) is 80.2 cm³/mol. The van der Waals surface area contributed by atoms with Gasteiger partial charge >= 0.3 is 0 Å². The lowest BCUT2D eigenvalue weighted by Gasteiger charge is -2.28. The number of nitrogens with one attached hydrogen (secondary N) is 1. The van der Waals surface area contributed by atoms with Gasteiger partial charge in [0.2, 0.25) is 5.91 Å². The molecule has 1 atom stereocenters. The van der Waals surface area contributed by atoms with Crippen LogP contribution in [0.2, 0.25) is 0 Å². The van der Waals surface area contributed by atoms with Gasteiger partial charge in [0.25, 0.3) is 0 Å². The Labute approximate surface area is 121 Å². The van der Waals surface area contributed by atoms with E-state index in [1.165, 1.54) is 19.3 Å². The van der Waals surface area contributed by atoms with Gasteiger partial charge < -0.3 is 10.4 Å². The summed E-state index contributed by atoms with van der Waals surface area (Å²) < 4.78 is 0. The van der Waals surface area contributed by atoms with E-state index in [1.54, 1.807) is 0 Å². The van der Waals surface area contributed by atoms with Crippen LogP contribution in [-0.2, 0) is 4.79 Å². The smallest absolute Gasteiger partial charge is 0.223 e. The molecule has 1 unspecified atom stereocenters. The molecule has 1 aromatic rings. The van der Waals surface area contributed by atoms with Crippen molar-refractivity contribution in [3.8, 4) is 0 Å². The highest BCUT2D eigenvalue weighted by Gasteiger charge is 2.22. The van der Waals surface area contributed by atoms with Crippen LogP contribution in [0.4, 0.5) is 0 Å². The largest absolute Gasteiger partial charge is 0.388 e. The summed E-state index contributed by atoms with van der Waals surface area (Å²) in [5.41, 5.74) is 0.803. The first kappa shape index (κ1) is 15.0. The molecule has 0 aliphatic heterocycles. The van der Waals surface area contributed by atoms with Crippen molar-refractivity contribution in [2.45, 2.75) is 57.6 Å². The van der Waals surface area contributed by atoms with Crippen molar-refractivity contribution in [3.05, 3.63) is 35.9 Å². The average molecular weight is 275 g/mol. The standard InChI is InChI=1S/C17H25NO2/c1-2-13-8-10-15(11-9-13)18-17(20)12-16(19)14-6-4-3-5-7-14/h3-7,13,15-16,19H,2,8-12H2,1H3,(H,18,20). The van der Waals surface area contributed by atoms with Gasteiger partial charge in [0.1, 0.15) is 0 Å². The van der Waals surface area contributed by atoms with Crippen LogP contribution >= 0.6 is 0 Å². The van der Waals surface area contributed by atoms with Crippen molar-refractivity contribution >= 4 is 5.91 Å². The fourth-order valence-corrected chi connectivity index (χ4v) is 2.97. The quantitative estimate of drug-likeness (QED) is 0.867. The summed E-state index contributed by atoms with van der Waals surface area (Å²) in [4.78, 5) is 12.0. The minimum atomic E-state index is -0.705. The van der Waals surface area contributed by atoms with Crippen molar-refractivity contribution < 1.29 is 9.90 Å². The van der Waals surface area contributed by atoms with E-state index in [4.69, 9.17) is 0 Å². The highest BCUT2D eigenvalue weighted by atomic mass is 16.3. The van der Waals surface area contributed by atoms with E-state index in [0.29, 0.717) is 6.04 Å². The molecule has 0 aromatic heterocycles. The van der Waals surface area contributed by atoms with Crippen molar-refractivity contribution in [2.75, 3.05) is 0 Å². The molecule has 0 radical (unpaired) electrons. The Morgan fingerprint density at radius 3 is 2.50 bits per heavy atom. The first-order chi connectivity index (χ1) is 9.69. The number of hydrogen-bond acceptors (Lipinski definition) is 2. The Kier molecular flexibility index (Phi) is 5.60. The zero-order chi connectivity index (χ0) is 14.4. The van der Waals surface area contributed by atoms with Crippen LogP contribution in [0, 0.1) is 5.92 Å². The van der Waals surface area contributed by atoms with E-state index in [1.807, 2.05) is 30.3 Å². The molecule has 1 saturated carbocycles. The van der Waals surface area contributed by atoms with Gasteiger partial charge in [-0.1, -0.05) is 43.7 Å². The number of aliphatic hydroxyl groups excluding tert-OH is 1. The van der Waals surface area contributed by atoms with Gasteiger partial charge in [0.15, 0.2) is 0 Å². The van der Waals surface area contributed by atoms with Crippen LogP contribution in [0.3, 0.4) is 0 Å². The molecule has 1 amide bonds. The van der Waals surface area contributed by atoms with Crippen LogP contribution < -0.4 is 5.32 Å². The van der Waals surface area contributed by atoms with E-state index in [9.17, 15) is 9.90 Å². The topological polar surface area (TPSA) is 49.3 Å². The first-order valence-corrected chi connectivity index (χ1v) is 7.71. The van der Waals surface area contributed by atoms with Gasteiger partial charge in [-0.3, -0.25) is 4.79 Å². The number of rotatable bonds is 5. The second-order valence-electron chi connectivity index (χ2n) is 5.82. The summed E-state index contributed by atoms with van der Waals surface area (Å²) in [5.74, 6) is 0.791. The van der Waals surface area contributed by atoms with Crippen LogP contribution in [0.5, 0.6) is 0 Å². The minimum Gasteiger partial charge on any atom is -0.388 e. The third-order valence-corrected chi connectivity index (χ3v) is 4.35. The lowest BCUT2D eigenvalue weighted by Crippen LogP contribution is -2.38. The molecule has 2 N–H and O–H groups in total. The summed E-state index contributed by atoms with van der Waals surface area (Å²) in [6.45, 7) is 2.24. The predicted octanol–water partition coefficient (Wildman–Crippen LogP) is 3.20. The van der Waals surface area contributed by atoms with Gasteiger partial charge in [-0.25, -0.2) is 0 Å². The summed E-state index contributed by atoms with van der Waals surface area (Å²) >= 11 is 0. The molecule has 0 saturated heterocycles. The Morgan fingerprint density at radius 2 is 1.90 bits per heavy atom. The van der Waals surface area contributed by atoms with Crippen molar-refractivity contribution in [1.82, 2.24) is 5.32 Å². The van der Waals surface area contributed by atoms with E-state index in [-0.39, 0.29) is 12.3 Å². The second-order valence-corrected chi connectivity index (χ2v) is 5.82. The van der Waals surface area contributed by atoms with Crippen LogP contribution in [-0.4, -0.2) is 17.1 Å². The monoisotopic (exact) mass is 275 g/mol. The Morgan fingerprint density at radius 1 is 1.25 bits per heavy atom. The minimum absolute atomic E-state index is 0.0405. The fraction of sp³-hybridized carbons (Fsp3) is 0.588. The molecule has 0 spiro atoms. The van der Waals surface area contributed by atoms with E-state index in [0.717, 1.165) is 24.3 Å². The summed E-state index contributed by atoms with van der Waals surface area (Å²) in [6, 6.07) is 9.66. The number of hydrogen-bond donors (Lipinski definition) is 2. The maximum Gasteiger partial charge on any atom is 0.223 e. The maximum absolute atomic E-state index is 12.0. The molecule has 2 rings (SSSR count). The van der Waals surface area contributed by atoms with E-state index >= 15 is 0 Å². The summed E-state index contributed by atoms with van der Waals surface area (Å²) in [6.07, 6.45) is 5.26. The number of aliphatic hydroxyl groups is 1. The SMILES string of the molecule is CCC1CCC(NC(=O)CC(O)c2ccccc2)CC1. The highest BCUT2D eigenvalue weighted by Crippen LogP contribution is 2.26. The van der Waals surface area contributed by atoms with Gasteiger partial charge in [-0.2, -0.15) is 0 Å². The third kappa shape index (κ3) is 4.34. The lowest BCUT2D eigenvalue weighted by molar-refractivity contribution is -0.124. The maximum atomic E-state index is 12.0. The molecule has 3 nitrogen and oxygen atoms in total. The number of carbonyl (C=O) groups is 1. The van der Waals surface area contributed by atoms with Crippen LogP contribution in [0.15, 0.2) is 30.3 Å². The molecule has 0 heterocycles. The normalized spacial score (nSPS) is 24.1. The molecule has 1 aliphatic carbocycles. The van der Waals surface area contributed by atoms with Crippen LogP contribution in [0.25, 0.3) is 0 Å². The molecule has 1 fully saturated rings. The third-order valence-electron chi connectivity index (χ3n) is 4.35. The lowest BCUT2D eigenvalue weighted by atomic mass is 9.84. The molecular weight excluding hydrogens is 250 g/mol. The first-order valence-electron chi connectivity index (χ1n) is 7.71. The molecule has 0 bridgehead atoms. The second kappa shape index (κ2) is 7.44. The summed E-state index contributed by atoms with van der Waals surface area (Å²) in [5, 5.41) is 13.1. The summed E-state index contributed by atoms with van der Waals surface area (Å²) in [7, 11) is 0. The zero-order valence-electron chi connectivity index (χ0n) is 12.2.